The van der Waals surface area contributed by atoms with Crippen LogP contribution in [0.5, 0.6) is 0 Å². The minimum Gasteiger partial charge on any atom is -0.398 e. The molecule has 1 aromatic rings. The van der Waals surface area contributed by atoms with Crippen molar-refractivity contribution in [3.63, 3.8) is 0 Å². The van der Waals surface area contributed by atoms with E-state index >= 15 is 0 Å². The van der Waals surface area contributed by atoms with Crippen LogP contribution < -0.4 is 11.1 Å². The number of amides is 1. The van der Waals surface area contributed by atoms with Crippen molar-refractivity contribution in [3.8, 4) is 0 Å². The quantitative estimate of drug-likeness (QED) is 0.591. The third-order valence-corrected chi connectivity index (χ3v) is 4.25. The summed E-state index contributed by atoms with van der Waals surface area (Å²) in [7, 11) is 0. The van der Waals surface area contributed by atoms with Crippen LogP contribution in [0.4, 0.5) is 5.69 Å². The van der Waals surface area contributed by atoms with Gasteiger partial charge in [0, 0.05) is 10.9 Å². The number of nitrogen functional groups attached to an aromatic ring is 1. The van der Waals surface area contributed by atoms with Crippen molar-refractivity contribution in [3.05, 3.63) is 23.2 Å². The van der Waals surface area contributed by atoms with Gasteiger partial charge in [0.1, 0.15) is 0 Å². The van der Waals surface area contributed by atoms with Gasteiger partial charge in [0.05, 0.1) is 16.5 Å². The Bertz CT molecular complexity index is 451. The first-order valence-electron chi connectivity index (χ1n) is 6.85. The molecule has 112 valence electrons. The lowest BCUT2D eigenvalue weighted by Crippen LogP contribution is -2.34. The van der Waals surface area contributed by atoms with Gasteiger partial charge in [0.25, 0.3) is 0 Å². The summed E-state index contributed by atoms with van der Waals surface area (Å²) < 4.78 is 0. The molecule has 0 saturated carbocycles. The molecule has 0 aromatic heterocycles. The molecule has 1 rings (SSSR count). The minimum atomic E-state index is 0.0548. The number of carbonyl (C=O) groups is 1. The largest absolute Gasteiger partial charge is 0.398 e. The molecule has 20 heavy (non-hydrogen) atoms. The number of benzene rings is 1. The van der Waals surface area contributed by atoms with Crippen LogP contribution in [0.1, 0.15) is 33.6 Å². The van der Waals surface area contributed by atoms with Gasteiger partial charge in [-0.25, -0.2) is 0 Å². The number of nitrogens with two attached hydrogens (primary N) is 1. The smallest absolute Gasteiger partial charge is 0.230 e. The van der Waals surface area contributed by atoms with Gasteiger partial charge in [-0.3, -0.25) is 4.79 Å². The summed E-state index contributed by atoms with van der Waals surface area (Å²) >= 11 is 7.41. The van der Waals surface area contributed by atoms with Gasteiger partial charge in [-0.1, -0.05) is 25.4 Å². The monoisotopic (exact) mass is 314 g/mol. The topological polar surface area (TPSA) is 55.1 Å². The Kier molecular flexibility index (Phi) is 7.24. The van der Waals surface area contributed by atoms with Gasteiger partial charge in [-0.15, -0.1) is 11.8 Å². The Morgan fingerprint density at radius 2 is 2.05 bits per heavy atom. The molecular formula is C15H23ClN2OS. The molecule has 1 atom stereocenters. The second kappa shape index (κ2) is 8.42. The van der Waals surface area contributed by atoms with Crippen molar-refractivity contribution in [2.75, 3.05) is 11.5 Å². The summed E-state index contributed by atoms with van der Waals surface area (Å²) in [5.41, 5.74) is 6.21. The fraction of sp³-hybridized carbons (Fsp3) is 0.533. The Balaban J connectivity index is 2.33. The number of thioether (sulfide) groups is 1. The van der Waals surface area contributed by atoms with Crippen molar-refractivity contribution in [1.29, 1.82) is 0 Å². The first-order valence-corrected chi connectivity index (χ1v) is 8.22. The average Bonchev–Trinajstić information content (AvgIpc) is 2.38. The zero-order chi connectivity index (χ0) is 15.1. The molecule has 0 aliphatic carbocycles. The van der Waals surface area contributed by atoms with E-state index in [1.807, 2.05) is 13.0 Å². The predicted molar refractivity (Wildman–Crippen MR) is 88.3 cm³/mol. The lowest BCUT2D eigenvalue weighted by molar-refractivity contribution is -0.119. The fourth-order valence-electron chi connectivity index (χ4n) is 1.72. The Morgan fingerprint density at radius 1 is 1.35 bits per heavy atom. The molecular weight excluding hydrogens is 292 g/mol. The molecule has 1 aromatic carbocycles. The molecule has 0 spiro atoms. The fourth-order valence-corrected chi connectivity index (χ4v) is 2.71. The van der Waals surface area contributed by atoms with E-state index < -0.39 is 0 Å². The molecule has 1 unspecified atom stereocenters. The van der Waals surface area contributed by atoms with Crippen LogP contribution in [0.3, 0.4) is 0 Å². The van der Waals surface area contributed by atoms with Crippen molar-refractivity contribution in [2.24, 2.45) is 5.92 Å². The van der Waals surface area contributed by atoms with E-state index in [0.29, 0.717) is 22.4 Å². The van der Waals surface area contributed by atoms with Gasteiger partial charge >= 0.3 is 0 Å². The van der Waals surface area contributed by atoms with Crippen LogP contribution in [0, 0.1) is 5.92 Å². The number of rotatable bonds is 7. The number of halogens is 1. The SMILES string of the molecule is CC(C)CCC(C)NC(=O)CSc1ccc(N)c(Cl)c1. The molecule has 5 heteroatoms. The van der Waals surface area contributed by atoms with E-state index in [2.05, 4.69) is 19.2 Å². The molecule has 0 aliphatic rings. The van der Waals surface area contributed by atoms with E-state index in [0.717, 1.165) is 17.7 Å². The lowest BCUT2D eigenvalue weighted by atomic mass is 10.0. The normalized spacial score (nSPS) is 12.4. The molecule has 0 radical (unpaired) electrons. The highest BCUT2D eigenvalue weighted by Crippen LogP contribution is 2.26. The van der Waals surface area contributed by atoms with E-state index in [1.165, 1.54) is 11.8 Å². The number of hydrogen-bond donors (Lipinski definition) is 2. The minimum absolute atomic E-state index is 0.0548. The molecule has 3 nitrogen and oxygen atoms in total. The van der Waals surface area contributed by atoms with Crippen molar-refractivity contribution in [2.45, 2.75) is 44.6 Å². The van der Waals surface area contributed by atoms with Crippen LogP contribution in [0.15, 0.2) is 23.1 Å². The lowest BCUT2D eigenvalue weighted by Gasteiger charge is -2.15. The van der Waals surface area contributed by atoms with Crippen LogP contribution >= 0.6 is 23.4 Å². The van der Waals surface area contributed by atoms with E-state index in [1.54, 1.807) is 12.1 Å². The summed E-state index contributed by atoms with van der Waals surface area (Å²) in [6.45, 7) is 6.43. The summed E-state index contributed by atoms with van der Waals surface area (Å²) in [6.07, 6.45) is 2.14. The molecule has 0 bridgehead atoms. The highest BCUT2D eigenvalue weighted by molar-refractivity contribution is 8.00. The van der Waals surface area contributed by atoms with E-state index in [9.17, 15) is 4.79 Å². The molecule has 0 fully saturated rings. The van der Waals surface area contributed by atoms with Crippen molar-refractivity contribution in [1.82, 2.24) is 5.32 Å². The van der Waals surface area contributed by atoms with Crippen LogP contribution in [-0.2, 0) is 4.79 Å². The second-order valence-corrected chi connectivity index (χ2v) is 6.87. The Morgan fingerprint density at radius 3 is 2.65 bits per heavy atom. The molecule has 0 saturated heterocycles. The summed E-state index contributed by atoms with van der Waals surface area (Å²) in [4.78, 5) is 12.8. The summed E-state index contributed by atoms with van der Waals surface area (Å²) in [6, 6.07) is 5.65. The van der Waals surface area contributed by atoms with Crippen LogP contribution in [-0.4, -0.2) is 17.7 Å². The Hall–Kier alpha value is -0.870. The highest BCUT2D eigenvalue weighted by Gasteiger charge is 2.09. The molecule has 3 N–H and O–H groups in total. The zero-order valence-electron chi connectivity index (χ0n) is 12.3. The number of nitrogens with one attached hydrogen (secondary N) is 1. The predicted octanol–water partition coefficient (Wildman–Crippen LogP) is 3.96. The average molecular weight is 315 g/mol. The summed E-state index contributed by atoms with van der Waals surface area (Å²) in [5.74, 6) is 1.12. The molecule has 0 aliphatic heterocycles. The van der Waals surface area contributed by atoms with Crippen molar-refractivity contribution < 1.29 is 4.79 Å². The maximum Gasteiger partial charge on any atom is 0.230 e. The van der Waals surface area contributed by atoms with Gasteiger partial charge in [-0.2, -0.15) is 0 Å². The zero-order valence-corrected chi connectivity index (χ0v) is 13.9. The van der Waals surface area contributed by atoms with Gasteiger partial charge in [0.15, 0.2) is 0 Å². The van der Waals surface area contributed by atoms with Crippen LogP contribution in [0.2, 0.25) is 5.02 Å². The third kappa shape index (κ3) is 6.53. The van der Waals surface area contributed by atoms with Crippen molar-refractivity contribution >= 4 is 35.0 Å². The Labute approximate surface area is 130 Å². The first-order chi connectivity index (χ1) is 9.38. The van der Waals surface area contributed by atoms with Gasteiger partial charge in [-0.05, 0) is 43.9 Å². The summed E-state index contributed by atoms with van der Waals surface area (Å²) in [5, 5.41) is 3.54. The standard InChI is InChI=1S/C15H23ClN2OS/c1-10(2)4-5-11(3)18-15(19)9-20-12-6-7-14(17)13(16)8-12/h6-8,10-11H,4-5,9,17H2,1-3H3,(H,18,19). The number of anilines is 1. The highest BCUT2D eigenvalue weighted by atomic mass is 35.5. The maximum absolute atomic E-state index is 11.8. The number of carbonyl (C=O) groups excluding carboxylic acids is 1. The number of hydrogen-bond acceptors (Lipinski definition) is 3. The maximum atomic E-state index is 11.8. The molecule has 0 heterocycles. The second-order valence-electron chi connectivity index (χ2n) is 5.41. The third-order valence-electron chi connectivity index (χ3n) is 2.93. The van der Waals surface area contributed by atoms with E-state index in [-0.39, 0.29) is 11.9 Å². The first kappa shape index (κ1) is 17.2. The van der Waals surface area contributed by atoms with Gasteiger partial charge < -0.3 is 11.1 Å². The van der Waals surface area contributed by atoms with E-state index in [4.69, 9.17) is 17.3 Å². The van der Waals surface area contributed by atoms with Crippen LogP contribution in [0.25, 0.3) is 0 Å². The van der Waals surface area contributed by atoms with Gasteiger partial charge in [0.2, 0.25) is 5.91 Å². The molecule has 1 amide bonds.